The molecule has 1 aliphatic rings. The van der Waals surface area contributed by atoms with E-state index in [4.69, 9.17) is 0 Å². The largest absolute Gasteiger partial charge is 0.296 e. The Morgan fingerprint density at radius 1 is 1.26 bits per heavy atom. The molecule has 3 nitrogen and oxygen atoms in total. The van der Waals surface area contributed by atoms with Crippen LogP contribution in [0.4, 0.5) is 8.78 Å². The Bertz CT molecular complexity index is 639. The number of benzene rings is 1. The number of carbonyl (C=O) groups is 1. The highest BCUT2D eigenvalue weighted by molar-refractivity contribution is 5.79. The molecule has 1 aromatic heterocycles. The highest BCUT2D eigenvalue weighted by Crippen LogP contribution is 2.39. The molecule has 1 saturated carbocycles. The Hall–Kier alpha value is -2.04. The van der Waals surface area contributed by atoms with Gasteiger partial charge in [-0.25, -0.2) is 8.78 Å². The van der Waals surface area contributed by atoms with E-state index in [9.17, 15) is 13.6 Å². The first kappa shape index (κ1) is 12.0. The minimum Gasteiger partial charge on any atom is -0.296 e. The highest BCUT2D eigenvalue weighted by atomic mass is 19.1. The Balaban J connectivity index is 2.22. The van der Waals surface area contributed by atoms with Gasteiger partial charge in [-0.15, -0.1) is 0 Å². The minimum atomic E-state index is -0.634. The fraction of sp³-hybridized carbons (Fsp3) is 0.286. The highest BCUT2D eigenvalue weighted by Gasteiger charge is 2.29. The molecule has 0 saturated heterocycles. The Kier molecular flexibility index (Phi) is 2.69. The summed E-state index contributed by atoms with van der Waals surface area (Å²) in [5, 5.41) is 4.23. The third-order valence-corrected chi connectivity index (χ3v) is 3.32. The molecule has 0 aliphatic heterocycles. The van der Waals surface area contributed by atoms with Crippen molar-refractivity contribution < 1.29 is 13.6 Å². The summed E-state index contributed by atoms with van der Waals surface area (Å²) in [6, 6.07) is 3.59. The monoisotopic (exact) mass is 262 g/mol. The van der Waals surface area contributed by atoms with Gasteiger partial charge < -0.3 is 0 Å². The van der Waals surface area contributed by atoms with Crippen molar-refractivity contribution in [3.05, 3.63) is 41.1 Å². The lowest BCUT2D eigenvalue weighted by Gasteiger charge is -2.08. The Morgan fingerprint density at radius 3 is 2.42 bits per heavy atom. The molecular formula is C14H12F2N2O. The van der Waals surface area contributed by atoms with Crippen LogP contribution in [-0.4, -0.2) is 16.1 Å². The molecule has 0 atom stereocenters. The van der Waals surface area contributed by atoms with Crippen LogP contribution in [0.2, 0.25) is 0 Å². The van der Waals surface area contributed by atoms with Crippen molar-refractivity contribution in [2.75, 3.05) is 0 Å². The summed E-state index contributed by atoms with van der Waals surface area (Å²) in [5.41, 5.74) is 2.03. The molecule has 0 bridgehead atoms. The fourth-order valence-electron chi connectivity index (χ4n) is 2.27. The van der Waals surface area contributed by atoms with Gasteiger partial charge in [0.2, 0.25) is 0 Å². The van der Waals surface area contributed by atoms with E-state index in [0.717, 1.165) is 18.9 Å². The second-order valence-electron chi connectivity index (χ2n) is 4.81. The standard InChI is InChI=1S/C14H12F2N2O/c1-8-13(7-19)17-18(12-2-3-12)14(8)9-4-10(15)6-11(16)5-9/h4-7,12H,2-3H2,1H3. The predicted molar refractivity (Wildman–Crippen MR) is 66.0 cm³/mol. The maximum atomic E-state index is 13.3. The lowest BCUT2D eigenvalue weighted by molar-refractivity contribution is 0.111. The number of nitrogens with zero attached hydrogens (tertiary/aromatic N) is 2. The van der Waals surface area contributed by atoms with Crippen LogP contribution < -0.4 is 0 Å². The van der Waals surface area contributed by atoms with Crippen molar-refractivity contribution in [1.29, 1.82) is 0 Å². The average molecular weight is 262 g/mol. The van der Waals surface area contributed by atoms with Crippen molar-refractivity contribution in [3.63, 3.8) is 0 Å². The molecule has 1 aromatic carbocycles. The zero-order valence-corrected chi connectivity index (χ0v) is 10.4. The molecule has 98 valence electrons. The van der Waals surface area contributed by atoms with Gasteiger partial charge in [-0.3, -0.25) is 9.48 Å². The van der Waals surface area contributed by atoms with Crippen molar-refractivity contribution in [1.82, 2.24) is 9.78 Å². The lowest BCUT2D eigenvalue weighted by Crippen LogP contribution is -2.00. The average Bonchev–Trinajstić information content (AvgIpc) is 3.12. The SMILES string of the molecule is Cc1c(C=O)nn(C2CC2)c1-c1cc(F)cc(F)c1. The number of aromatic nitrogens is 2. The van der Waals surface area contributed by atoms with Crippen LogP contribution in [0.15, 0.2) is 18.2 Å². The number of hydrogen-bond acceptors (Lipinski definition) is 2. The Labute approximate surface area is 108 Å². The van der Waals surface area contributed by atoms with E-state index in [1.54, 1.807) is 11.6 Å². The van der Waals surface area contributed by atoms with Crippen LogP contribution >= 0.6 is 0 Å². The van der Waals surface area contributed by atoms with Gasteiger partial charge in [0.1, 0.15) is 17.3 Å². The van der Waals surface area contributed by atoms with Crippen LogP contribution in [-0.2, 0) is 0 Å². The molecule has 1 heterocycles. The minimum absolute atomic E-state index is 0.230. The van der Waals surface area contributed by atoms with Gasteiger partial charge in [0, 0.05) is 17.2 Å². The first-order valence-corrected chi connectivity index (χ1v) is 6.11. The van der Waals surface area contributed by atoms with Crippen LogP contribution in [0, 0.1) is 18.6 Å². The number of aldehydes is 1. The molecule has 1 fully saturated rings. The van der Waals surface area contributed by atoms with E-state index >= 15 is 0 Å². The summed E-state index contributed by atoms with van der Waals surface area (Å²) < 4.78 is 28.4. The zero-order valence-electron chi connectivity index (χ0n) is 10.4. The van der Waals surface area contributed by atoms with Gasteiger partial charge in [0.05, 0.1) is 11.7 Å². The molecule has 0 unspecified atom stereocenters. The molecule has 0 spiro atoms. The van der Waals surface area contributed by atoms with Crippen LogP contribution in [0.3, 0.4) is 0 Å². The molecular weight excluding hydrogens is 250 g/mol. The number of halogens is 2. The van der Waals surface area contributed by atoms with Crippen LogP contribution in [0.1, 0.15) is 34.9 Å². The topological polar surface area (TPSA) is 34.9 Å². The summed E-state index contributed by atoms with van der Waals surface area (Å²) in [6.07, 6.45) is 2.63. The smallest absolute Gasteiger partial charge is 0.170 e. The maximum absolute atomic E-state index is 13.3. The molecule has 2 aromatic rings. The first-order chi connectivity index (χ1) is 9.10. The summed E-state index contributed by atoms with van der Waals surface area (Å²) >= 11 is 0. The quantitative estimate of drug-likeness (QED) is 0.795. The van der Waals surface area contributed by atoms with E-state index in [2.05, 4.69) is 5.10 Å². The summed E-state index contributed by atoms with van der Waals surface area (Å²) in [5.74, 6) is -1.27. The number of rotatable bonds is 3. The summed E-state index contributed by atoms with van der Waals surface area (Å²) in [4.78, 5) is 11.0. The van der Waals surface area contributed by atoms with E-state index < -0.39 is 11.6 Å². The third kappa shape index (κ3) is 2.05. The van der Waals surface area contributed by atoms with Gasteiger partial charge in [-0.2, -0.15) is 5.10 Å². The molecule has 3 rings (SSSR count). The molecule has 0 N–H and O–H groups in total. The first-order valence-electron chi connectivity index (χ1n) is 6.11. The van der Waals surface area contributed by atoms with Crippen molar-refractivity contribution in [2.24, 2.45) is 0 Å². The van der Waals surface area contributed by atoms with Gasteiger partial charge in [-0.1, -0.05) is 0 Å². The molecule has 0 radical (unpaired) electrons. The van der Waals surface area contributed by atoms with Gasteiger partial charge in [0.15, 0.2) is 6.29 Å². The Morgan fingerprint density at radius 2 is 1.89 bits per heavy atom. The lowest BCUT2D eigenvalue weighted by atomic mass is 10.1. The molecule has 0 amide bonds. The van der Waals surface area contributed by atoms with E-state index in [0.29, 0.717) is 28.8 Å². The van der Waals surface area contributed by atoms with Gasteiger partial charge in [-0.05, 0) is 31.9 Å². The normalized spacial score (nSPS) is 14.7. The van der Waals surface area contributed by atoms with E-state index in [-0.39, 0.29) is 6.04 Å². The zero-order chi connectivity index (χ0) is 13.6. The number of hydrogen-bond donors (Lipinski definition) is 0. The van der Waals surface area contributed by atoms with Gasteiger partial charge in [0.25, 0.3) is 0 Å². The second-order valence-corrected chi connectivity index (χ2v) is 4.81. The van der Waals surface area contributed by atoms with Crippen molar-refractivity contribution in [2.45, 2.75) is 25.8 Å². The fourth-order valence-corrected chi connectivity index (χ4v) is 2.27. The molecule has 1 aliphatic carbocycles. The van der Waals surface area contributed by atoms with E-state index in [1.807, 2.05) is 0 Å². The summed E-state index contributed by atoms with van der Waals surface area (Å²) in [7, 11) is 0. The molecule has 5 heteroatoms. The van der Waals surface area contributed by atoms with Crippen molar-refractivity contribution >= 4 is 6.29 Å². The third-order valence-electron chi connectivity index (χ3n) is 3.32. The van der Waals surface area contributed by atoms with Crippen LogP contribution in [0.5, 0.6) is 0 Å². The maximum Gasteiger partial charge on any atom is 0.170 e. The number of carbonyl (C=O) groups excluding carboxylic acids is 1. The van der Waals surface area contributed by atoms with Gasteiger partial charge >= 0.3 is 0 Å². The predicted octanol–water partition coefficient (Wildman–Crippen LogP) is 3.28. The van der Waals surface area contributed by atoms with Crippen LogP contribution in [0.25, 0.3) is 11.3 Å². The molecule has 19 heavy (non-hydrogen) atoms. The van der Waals surface area contributed by atoms with Crippen molar-refractivity contribution in [3.8, 4) is 11.3 Å². The van der Waals surface area contributed by atoms with E-state index in [1.165, 1.54) is 12.1 Å². The second kappa shape index (κ2) is 4.26. The summed E-state index contributed by atoms with van der Waals surface area (Å²) in [6.45, 7) is 1.74.